The summed E-state index contributed by atoms with van der Waals surface area (Å²) in [6.45, 7) is 4.70. The van der Waals surface area contributed by atoms with Gasteiger partial charge < -0.3 is 10.1 Å². The molecular weight excluding hydrogens is 331 g/mol. The fourth-order valence-electron chi connectivity index (χ4n) is 3.26. The summed E-state index contributed by atoms with van der Waals surface area (Å²) in [6.07, 6.45) is 2.45. The van der Waals surface area contributed by atoms with E-state index in [0.29, 0.717) is 0 Å². The van der Waals surface area contributed by atoms with Crippen molar-refractivity contribution in [2.75, 3.05) is 18.5 Å². The van der Waals surface area contributed by atoms with Crippen molar-refractivity contribution in [3.05, 3.63) is 65.5 Å². The van der Waals surface area contributed by atoms with Gasteiger partial charge in [0.15, 0.2) is 0 Å². The summed E-state index contributed by atoms with van der Waals surface area (Å²) in [5.74, 6) is -0.290. The number of rotatable bonds is 7. The first-order valence-corrected chi connectivity index (χ1v) is 9.03. The zero-order chi connectivity index (χ0) is 18.4. The molecule has 1 aliphatic rings. The maximum atomic E-state index is 13.2. The lowest BCUT2D eigenvalue weighted by atomic mass is 10.1. The topological polar surface area (TPSA) is 41.6 Å². The van der Waals surface area contributed by atoms with Crippen LogP contribution in [0.3, 0.4) is 0 Å². The second kappa shape index (κ2) is 8.92. The molecule has 1 saturated heterocycles. The molecule has 1 atom stereocenters. The highest BCUT2D eigenvalue weighted by Crippen LogP contribution is 2.18. The number of amides is 1. The molecule has 5 heteroatoms. The average Bonchev–Trinajstić information content (AvgIpc) is 3.11. The molecule has 0 aliphatic carbocycles. The standard InChI is InChI=1S/C21H25FN2O2/c1-16(25)23-20-10-6-18(7-11-20)14-24(15-21-3-2-12-26-21)13-17-4-8-19(22)9-5-17/h4-11,21H,2-3,12-15H2,1H3,(H,23,25)/t21-/m0/s1. The minimum Gasteiger partial charge on any atom is -0.377 e. The van der Waals surface area contributed by atoms with Gasteiger partial charge in [-0.2, -0.15) is 0 Å². The highest BCUT2D eigenvalue weighted by atomic mass is 19.1. The number of nitrogens with zero attached hydrogens (tertiary/aromatic N) is 1. The second-order valence-electron chi connectivity index (χ2n) is 6.81. The van der Waals surface area contributed by atoms with Crippen LogP contribution >= 0.6 is 0 Å². The van der Waals surface area contributed by atoms with E-state index in [2.05, 4.69) is 10.2 Å². The highest BCUT2D eigenvalue weighted by molar-refractivity contribution is 5.88. The summed E-state index contributed by atoms with van der Waals surface area (Å²) >= 11 is 0. The number of halogens is 1. The van der Waals surface area contributed by atoms with Crippen molar-refractivity contribution < 1.29 is 13.9 Å². The molecule has 2 aromatic rings. The van der Waals surface area contributed by atoms with Gasteiger partial charge in [-0.15, -0.1) is 0 Å². The third-order valence-electron chi connectivity index (χ3n) is 4.49. The minimum absolute atomic E-state index is 0.0749. The van der Waals surface area contributed by atoms with Gasteiger partial charge in [0, 0.05) is 38.9 Å². The van der Waals surface area contributed by atoms with Crippen LogP contribution in [0, 0.1) is 5.82 Å². The first kappa shape index (κ1) is 18.5. The van der Waals surface area contributed by atoms with Crippen molar-refractivity contribution in [2.45, 2.75) is 39.0 Å². The third-order valence-corrected chi connectivity index (χ3v) is 4.49. The lowest BCUT2D eigenvalue weighted by molar-refractivity contribution is -0.114. The SMILES string of the molecule is CC(=O)Nc1ccc(CN(Cc2ccc(F)cc2)C[C@@H]2CCCO2)cc1. The number of nitrogens with one attached hydrogen (secondary N) is 1. The minimum atomic E-state index is -0.215. The van der Waals surface area contributed by atoms with Gasteiger partial charge in [-0.3, -0.25) is 9.69 Å². The summed E-state index contributed by atoms with van der Waals surface area (Å²) in [5, 5.41) is 2.78. The normalized spacial score (nSPS) is 16.8. The van der Waals surface area contributed by atoms with E-state index in [1.165, 1.54) is 24.6 Å². The van der Waals surface area contributed by atoms with Crippen LogP contribution in [0.2, 0.25) is 0 Å². The van der Waals surface area contributed by atoms with Crippen molar-refractivity contribution in [1.82, 2.24) is 4.90 Å². The number of hydrogen-bond acceptors (Lipinski definition) is 3. The van der Waals surface area contributed by atoms with Crippen LogP contribution in [-0.2, 0) is 22.6 Å². The summed E-state index contributed by atoms with van der Waals surface area (Å²) in [7, 11) is 0. The molecule has 1 fully saturated rings. The first-order valence-electron chi connectivity index (χ1n) is 9.03. The Balaban J connectivity index is 1.67. The van der Waals surface area contributed by atoms with E-state index in [4.69, 9.17) is 4.74 Å². The van der Waals surface area contributed by atoms with E-state index >= 15 is 0 Å². The number of carbonyl (C=O) groups is 1. The van der Waals surface area contributed by atoms with Crippen LogP contribution in [0.4, 0.5) is 10.1 Å². The molecular formula is C21H25FN2O2. The van der Waals surface area contributed by atoms with E-state index in [-0.39, 0.29) is 17.8 Å². The zero-order valence-corrected chi connectivity index (χ0v) is 15.1. The Morgan fingerprint density at radius 3 is 2.27 bits per heavy atom. The molecule has 0 unspecified atom stereocenters. The van der Waals surface area contributed by atoms with Crippen molar-refractivity contribution in [1.29, 1.82) is 0 Å². The fourth-order valence-corrected chi connectivity index (χ4v) is 3.26. The van der Waals surface area contributed by atoms with Gasteiger partial charge in [-0.05, 0) is 48.2 Å². The molecule has 2 aromatic carbocycles. The summed E-state index contributed by atoms with van der Waals surface area (Å²) in [5.41, 5.74) is 3.05. The predicted octanol–water partition coefficient (Wildman–Crippen LogP) is 3.97. The van der Waals surface area contributed by atoms with Crippen molar-refractivity contribution in [3.63, 3.8) is 0 Å². The van der Waals surface area contributed by atoms with E-state index in [0.717, 1.165) is 50.3 Å². The quantitative estimate of drug-likeness (QED) is 0.816. The van der Waals surface area contributed by atoms with Gasteiger partial charge in [0.1, 0.15) is 5.82 Å². The van der Waals surface area contributed by atoms with Gasteiger partial charge >= 0.3 is 0 Å². The average molecular weight is 356 g/mol. The van der Waals surface area contributed by atoms with Gasteiger partial charge in [-0.25, -0.2) is 4.39 Å². The van der Waals surface area contributed by atoms with E-state index < -0.39 is 0 Å². The second-order valence-corrected chi connectivity index (χ2v) is 6.81. The monoisotopic (exact) mass is 356 g/mol. The largest absolute Gasteiger partial charge is 0.377 e. The molecule has 1 amide bonds. The van der Waals surface area contributed by atoms with Crippen LogP contribution in [0.1, 0.15) is 30.9 Å². The first-order chi connectivity index (χ1) is 12.6. The molecule has 26 heavy (non-hydrogen) atoms. The Kier molecular flexibility index (Phi) is 6.36. The maximum absolute atomic E-state index is 13.2. The maximum Gasteiger partial charge on any atom is 0.221 e. The van der Waals surface area contributed by atoms with Crippen LogP contribution in [-0.4, -0.2) is 30.1 Å². The van der Waals surface area contributed by atoms with Gasteiger partial charge in [0.2, 0.25) is 5.91 Å². The lowest BCUT2D eigenvalue weighted by Crippen LogP contribution is -2.31. The van der Waals surface area contributed by atoms with Crippen molar-refractivity contribution >= 4 is 11.6 Å². The predicted molar refractivity (Wildman–Crippen MR) is 100 cm³/mol. The van der Waals surface area contributed by atoms with Crippen LogP contribution in [0.5, 0.6) is 0 Å². The molecule has 1 aliphatic heterocycles. The Bertz CT molecular complexity index is 710. The lowest BCUT2D eigenvalue weighted by Gasteiger charge is -2.25. The molecule has 0 bridgehead atoms. The molecule has 0 spiro atoms. The molecule has 138 valence electrons. The van der Waals surface area contributed by atoms with E-state index in [1.807, 2.05) is 36.4 Å². The number of anilines is 1. The Morgan fingerprint density at radius 1 is 1.12 bits per heavy atom. The van der Waals surface area contributed by atoms with Crippen LogP contribution in [0.25, 0.3) is 0 Å². The molecule has 4 nitrogen and oxygen atoms in total. The summed E-state index contributed by atoms with van der Waals surface area (Å²) in [4.78, 5) is 13.5. The van der Waals surface area contributed by atoms with Gasteiger partial charge in [0.05, 0.1) is 6.10 Å². The smallest absolute Gasteiger partial charge is 0.221 e. The van der Waals surface area contributed by atoms with E-state index in [1.54, 1.807) is 0 Å². The molecule has 1 N–H and O–H groups in total. The summed E-state index contributed by atoms with van der Waals surface area (Å²) in [6, 6.07) is 14.5. The Labute approximate surface area is 154 Å². The van der Waals surface area contributed by atoms with Crippen LogP contribution in [0.15, 0.2) is 48.5 Å². The summed E-state index contributed by atoms with van der Waals surface area (Å²) < 4.78 is 19.0. The van der Waals surface area contributed by atoms with Crippen molar-refractivity contribution in [3.8, 4) is 0 Å². The van der Waals surface area contributed by atoms with Crippen molar-refractivity contribution in [2.24, 2.45) is 0 Å². The molecule has 0 saturated carbocycles. The van der Waals surface area contributed by atoms with Gasteiger partial charge in [-0.1, -0.05) is 24.3 Å². The van der Waals surface area contributed by atoms with Crippen LogP contribution < -0.4 is 5.32 Å². The fraction of sp³-hybridized carbons (Fsp3) is 0.381. The number of carbonyl (C=O) groups excluding carboxylic acids is 1. The van der Waals surface area contributed by atoms with E-state index in [9.17, 15) is 9.18 Å². The third kappa shape index (κ3) is 5.64. The Morgan fingerprint density at radius 2 is 1.73 bits per heavy atom. The van der Waals surface area contributed by atoms with Gasteiger partial charge in [0.25, 0.3) is 0 Å². The number of benzene rings is 2. The molecule has 0 radical (unpaired) electrons. The molecule has 0 aromatic heterocycles. The number of ether oxygens (including phenoxy) is 1. The number of hydrogen-bond donors (Lipinski definition) is 1. The molecule has 3 rings (SSSR count). The Hall–Kier alpha value is -2.24. The highest BCUT2D eigenvalue weighted by Gasteiger charge is 2.19. The molecule has 1 heterocycles. The zero-order valence-electron chi connectivity index (χ0n) is 15.1.